The van der Waals surface area contributed by atoms with Gasteiger partial charge in [0.05, 0.1) is 13.2 Å². The molecule has 0 spiro atoms. The van der Waals surface area contributed by atoms with Gasteiger partial charge >= 0.3 is 0 Å². The highest BCUT2D eigenvalue weighted by Gasteiger charge is 2.10. The predicted octanol–water partition coefficient (Wildman–Crippen LogP) is 1.88. The van der Waals surface area contributed by atoms with E-state index in [1.165, 1.54) is 0 Å². The third-order valence-corrected chi connectivity index (χ3v) is 3.32. The molecule has 0 unspecified atom stereocenters. The van der Waals surface area contributed by atoms with E-state index in [-0.39, 0.29) is 0 Å². The zero-order valence-electron chi connectivity index (χ0n) is 10.4. The van der Waals surface area contributed by atoms with Crippen LogP contribution in [0.5, 0.6) is 5.75 Å². The summed E-state index contributed by atoms with van der Waals surface area (Å²) in [5, 5.41) is 1.15. The molecule has 1 aliphatic heterocycles. The van der Waals surface area contributed by atoms with Gasteiger partial charge in [-0.25, -0.2) is 0 Å². The molecule has 1 aromatic heterocycles. The van der Waals surface area contributed by atoms with Crippen LogP contribution in [0.1, 0.15) is 0 Å². The normalized spacial score (nSPS) is 17.1. The summed E-state index contributed by atoms with van der Waals surface area (Å²) in [5.41, 5.74) is 1.12. The Hall–Kier alpha value is -1.52. The van der Waals surface area contributed by atoms with E-state index >= 15 is 0 Å². The van der Waals surface area contributed by atoms with Gasteiger partial charge in [-0.15, -0.1) is 0 Å². The highest BCUT2D eigenvalue weighted by molar-refractivity contribution is 5.85. The van der Waals surface area contributed by atoms with Crippen LogP contribution < -0.4 is 4.74 Å². The first-order valence-electron chi connectivity index (χ1n) is 6.42. The predicted molar refractivity (Wildman–Crippen MR) is 71.1 cm³/mol. The monoisotopic (exact) mass is 246 g/mol. The lowest BCUT2D eigenvalue weighted by molar-refractivity contribution is 0.0323. The minimum atomic E-state index is 0.724. The van der Waals surface area contributed by atoms with Crippen molar-refractivity contribution < 1.29 is 9.47 Å². The first kappa shape index (κ1) is 11.6. The molecule has 0 amide bonds. The molecular formula is C14H18N2O2. The summed E-state index contributed by atoms with van der Waals surface area (Å²) in [6, 6.07) is 8.20. The number of ether oxygens (including phenoxy) is 2. The Kier molecular flexibility index (Phi) is 3.48. The van der Waals surface area contributed by atoms with E-state index in [1.807, 2.05) is 18.3 Å². The Bertz CT molecular complexity index is 503. The molecule has 0 bridgehead atoms. The number of nitrogens with one attached hydrogen (secondary N) is 1. The minimum Gasteiger partial charge on any atom is -0.490 e. The Morgan fingerprint density at radius 1 is 1.22 bits per heavy atom. The van der Waals surface area contributed by atoms with Crippen molar-refractivity contribution in [2.45, 2.75) is 0 Å². The molecule has 1 saturated heterocycles. The van der Waals surface area contributed by atoms with Crippen LogP contribution >= 0.6 is 0 Å². The summed E-state index contributed by atoms with van der Waals surface area (Å²) in [5.74, 6) is 0.943. The average Bonchev–Trinajstić information content (AvgIpc) is 2.84. The number of nitrogens with zero attached hydrogens (tertiary/aromatic N) is 1. The summed E-state index contributed by atoms with van der Waals surface area (Å²) in [7, 11) is 0. The minimum absolute atomic E-state index is 0.724. The lowest BCUT2D eigenvalue weighted by atomic mass is 10.2. The Labute approximate surface area is 106 Å². The highest BCUT2D eigenvalue weighted by Crippen LogP contribution is 2.24. The zero-order valence-corrected chi connectivity index (χ0v) is 10.4. The molecule has 0 radical (unpaired) electrons. The van der Waals surface area contributed by atoms with Crippen molar-refractivity contribution in [3.63, 3.8) is 0 Å². The molecular weight excluding hydrogens is 228 g/mol. The summed E-state index contributed by atoms with van der Waals surface area (Å²) in [6.07, 6.45) is 1.93. The van der Waals surface area contributed by atoms with Gasteiger partial charge < -0.3 is 14.5 Å². The standard InChI is InChI=1S/C14H18N2O2/c1-2-4-13-12(3-1)14(11-15-13)18-10-7-16-5-8-17-9-6-16/h1-4,11,15H,5-10H2. The first-order chi connectivity index (χ1) is 8.93. The van der Waals surface area contributed by atoms with Crippen LogP contribution in [0.4, 0.5) is 0 Å². The van der Waals surface area contributed by atoms with E-state index in [0.29, 0.717) is 0 Å². The second-order valence-electron chi connectivity index (χ2n) is 4.50. The molecule has 0 aliphatic carbocycles. The number of H-pyrrole nitrogens is 1. The number of aromatic amines is 1. The third-order valence-electron chi connectivity index (χ3n) is 3.32. The van der Waals surface area contributed by atoms with Crippen molar-refractivity contribution in [2.24, 2.45) is 0 Å². The van der Waals surface area contributed by atoms with Crippen molar-refractivity contribution in [1.82, 2.24) is 9.88 Å². The third kappa shape index (κ3) is 2.49. The van der Waals surface area contributed by atoms with E-state index in [2.05, 4.69) is 22.0 Å². The van der Waals surface area contributed by atoms with Crippen LogP contribution in [0.25, 0.3) is 10.9 Å². The molecule has 2 aromatic rings. The molecule has 96 valence electrons. The molecule has 3 rings (SSSR count). The maximum absolute atomic E-state index is 5.85. The van der Waals surface area contributed by atoms with Crippen molar-refractivity contribution in [2.75, 3.05) is 39.5 Å². The number of hydrogen-bond donors (Lipinski definition) is 1. The summed E-state index contributed by atoms with van der Waals surface area (Å²) < 4.78 is 11.2. The fourth-order valence-electron chi connectivity index (χ4n) is 2.27. The van der Waals surface area contributed by atoms with Crippen molar-refractivity contribution >= 4 is 10.9 Å². The molecule has 2 heterocycles. The molecule has 1 N–H and O–H groups in total. The Balaban J connectivity index is 1.56. The van der Waals surface area contributed by atoms with Crippen LogP contribution in [0.15, 0.2) is 30.5 Å². The van der Waals surface area contributed by atoms with Gasteiger partial charge in [0.15, 0.2) is 0 Å². The fourth-order valence-corrected chi connectivity index (χ4v) is 2.27. The average molecular weight is 246 g/mol. The highest BCUT2D eigenvalue weighted by atomic mass is 16.5. The molecule has 1 fully saturated rings. The van der Waals surface area contributed by atoms with Gasteiger partial charge in [0.1, 0.15) is 12.4 Å². The maximum atomic E-state index is 5.85. The second kappa shape index (κ2) is 5.42. The molecule has 1 aromatic carbocycles. The number of aromatic nitrogens is 1. The molecule has 1 aliphatic rings. The van der Waals surface area contributed by atoms with Crippen LogP contribution in [0.3, 0.4) is 0 Å². The van der Waals surface area contributed by atoms with Crippen molar-refractivity contribution in [3.8, 4) is 5.75 Å². The zero-order chi connectivity index (χ0) is 12.2. The van der Waals surface area contributed by atoms with Gasteiger partial charge in [-0.2, -0.15) is 0 Å². The smallest absolute Gasteiger partial charge is 0.144 e. The van der Waals surface area contributed by atoms with Crippen molar-refractivity contribution in [3.05, 3.63) is 30.5 Å². The number of benzene rings is 1. The summed E-state index contributed by atoms with van der Waals surface area (Å²) >= 11 is 0. The van der Waals surface area contributed by atoms with Gasteiger partial charge in [-0.3, -0.25) is 4.90 Å². The maximum Gasteiger partial charge on any atom is 0.144 e. The molecule has 0 saturated carbocycles. The largest absolute Gasteiger partial charge is 0.490 e. The summed E-state index contributed by atoms with van der Waals surface area (Å²) in [4.78, 5) is 5.59. The van der Waals surface area contributed by atoms with Crippen LogP contribution in [-0.2, 0) is 4.74 Å². The van der Waals surface area contributed by atoms with Crippen LogP contribution in [0.2, 0.25) is 0 Å². The van der Waals surface area contributed by atoms with E-state index in [1.54, 1.807) is 0 Å². The molecule has 4 heteroatoms. The van der Waals surface area contributed by atoms with Crippen molar-refractivity contribution in [1.29, 1.82) is 0 Å². The fraction of sp³-hybridized carbons (Fsp3) is 0.429. The van der Waals surface area contributed by atoms with Gasteiger partial charge in [-0.1, -0.05) is 12.1 Å². The molecule has 4 nitrogen and oxygen atoms in total. The van der Waals surface area contributed by atoms with Gasteiger partial charge in [0.2, 0.25) is 0 Å². The quantitative estimate of drug-likeness (QED) is 0.895. The van der Waals surface area contributed by atoms with Crippen LogP contribution in [0, 0.1) is 0 Å². The lowest BCUT2D eigenvalue weighted by Crippen LogP contribution is -2.38. The topological polar surface area (TPSA) is 37.5 Å². The number of morpholine rings is 1. The summed E-state index contributed by atoms with van der Waals surface area (Å²) in [6.45, 7) is 5.39. The van der Waals surface area contributed by atoms with E-state index in [4.69, 9.17) is 9.47 Å². The van der Waals surface area contributed by atoms with Gasteiger partial charge in [0.25, 0.3) is 0 Å². The molecule has 18 heavy (non-hydrogen) atoms. The van der Waals surface area contributed by atoms with E-state index < -0.39 is 0 Å². The van der Waals surface area contributed by atoms with Gasteiger partial charge in [0, 0.05) is 36.7 Å². The first-order valence-corrected chi connectivity index (χ1v) is 6.42. The SMILES string of the molecule is c1ccc2c(OCCN3CCOCC3)c[nH]c2c1. The Morgan fingerprint density at radius 3 is 2.94 bits per heavy atom. The lowest BCUT2D eigenvalue weighted by Gasteiger charge is -2.26. The number of fused-ring (bicyclic) bond motifs is 1. The van der Waals surface area contributed by atoms with E-state index in [0.717, 1.165) is 56.1 Å². The second-order valence-corrected chi connectivity index (χ2v) is 4.50. The number of rotatable bonds is 4. The molecule has 0 atom stereocenters. The number of hydrogen-bond acceptors (Lipinski definition) is 3. The van der Waals surface area contributed by atoms with Gasteiger partial charge in [-0.05, 0) is 12.1 Å². The van der Waals surface area contributed by atoms with Crippen LogP contribution in [-0.4, -0.2) is 49.3 Å². The van der Waals surface area contributed by atoms with E-state index in [9.17, 15) is 0 Å². The Morgan fingerprint density at radius 2 is 2.06 bits per heavy atom. The number of para-hydroxylation sites is 1.